The minimum atomic E-state index is -0.605. The molecule has 2 N–H and O–H groups in total. The first-order valence-electron chi connectivity index (χ1n) is 10.0. The zero-order valence-electron chi connectivity index (χ0n) is 16.8. The van der Waals surface area contributed by atoms with Crippen molar-refractivity contribution < 1.29 is 9.53 Å². The summed E-state index contributed by atoms with van der Waals surface area (Å²) in [5, 5.41) is 23.7. The monoisotopic (exact) mass is 404 g/mol. The highest BCUT2D eigenvalue weighted by Gasteiger charge is 2.23. The zero-order chi connectivity index (χ0) is 20.9. The average Bonchev–Trinajstić information content (AvgIpc) is 2.96. The van der Waals surface area contributed by atoms with Crippen LogP contribution in [-0.2, 0) is 23.0 Å². The van der Waals surface area contributed by atoms with Gasteiger partial charge in [0.1, 0.15) is 17.7 Å². The molecular formula is C22H24N6O2. The van der Waals surface area contributed by atoms with E-state index in [9.17, 15) is 10.1 Å². The molecule has 2 aromatic carbocycles. The first-order chi connectivity index (χ1) is 14.6. The number of nitrogens with one attached hydrogen (secondary N) is 2. The van der Waals surface area contributed by atoms with Gasteiger partial charge in [0.05, 0.1) is 11.6 Å². The smallest absolute Gasteiger partial charge is 0.251 e. The van der Waals surface area contributed by atoms with Crippen molar-refractivity contribution in [2.24, 2.45) is 7.05 Å². The number of carbonyl (C=O) groups excluding carboxylic acids is 1. The van der Waals surface area contributed by atoms with Gasteiger partial charge in [-0.2, -0.15) is 5.26 Å². The van der Waals surface area contributed by atoms with E-state index < -0.39 is 12.1 Å². The topological polar surface area (TPSA) is 105 Å². The molecular weight excluding hydrogens is 380 g/mol. The lowest BCUT2D eigenvalue weighted by atomic mass is 10.0. The number of benzene rings is 2. The summed E-state index contributed by atoms with van der Waals surface area (Å²) >= 11 is 0. The second-order valence-corrected chi connectivity index (χ2v) is 7.42. The number of ether oxygens (including phenoxy) is 1. The van der Waals surface area contributed by atoms with Gasteiger partial charge >= 0.3 is 0 Å². The molecule has 1 amide bonds. The summed E-state index contributed by atoms with van der Waals surface area (Å²) in [5.41, 5.74) is 4.92. The maximum absolute atomic E-state index is 12.4. The minimum absolute atomic E-state index is 0.246. The number of carbonyl (C=O) groups is 1. The van der Waals surface area contributed by atoms with Gasteiger partial charge in [0.15, 0.2) is 0 Å². The first-order valence-corrected chi connectivity index (χ1v) is 10.0. The number of nitrogens with zero attached hydrogens (tertiary/aromatic N) is 4. The maximum Gasteiger partial charge on any atom is 0.251 e. The Hall–Kier alpha value is -3.28. The molecule has 0 unspecified atom stereocenters. The molecule has 0 radical (unpaired) electrons. The van der Waals surface area contributed by atoms with Crippen LogP contribution < -0.4 is 10.6 Å². The summed E-state index contributed by atoms with van der Waals surface area (Å²) in [4.78, 5) is 12.4. The molecule has 30 heavy (non-hydrogen) atoms. The molecule has 4 rings (SSSR count). The van der Waals surface area contributed by atoms with E-state index in [1.54, 1.807) is 4.68 Å². The Kier molecular flexibility index (Phi) is 6.02. The van der Waals surface area contributed by atoms with Crippen LogP contribution in [0.25, 0.3) is 22.2 Å². The molecule has 2 atom stereocenters. The van der Waals surface area contributed by atoms with Gasteiger partial charge in [-0.25, -0.2) is 4.68 Å². The van der Waals surface area contributed by atoms with Crippen molar-refractivity contribution in [2.75, 3.05) is 19.7 Å². The molecule has 1 aliphatic rings. The van der Waals surface area contributed by atoms with Crippen molar-refractivity contribution in [3.8, 4) is 17.2 Å². The van der Waals surface area contributed by atoms with Gasteiger partial charge in [-0.3, -0.25) is 4.79 Å². The van der Waals surface area contributed by atoms with Gasteiger partial charge < -0.3 is 15.4 Å². The molecule has 1 saturated heterocycles. The second kappa shape index (κ2) is 9.03. The number of aromatic nitrogens is 3. The number of fused-ring (bicyclic) bond motifs is 1. The second-order valence-electron chi connectivity index (χ2n) is 7.42. The van der Waals surface area contributed by atoms with E-state index in [1.807, 2.05) is 49.5 Å². The molecule has 0 bridgehead atoms. The third kappa shape index (κ3) is 4.48. The Morgan fingerprint density at radius 1 is 1.33 bits per heavy atom. The average molecular weight is 404 g/mol. The van der Waals surface area contributed by atoms with Crippen molar-refractivity contribution in [2.45, 2.75) is 25.0 Å². The van der Waals surface area contributed by atoms with Crippen molar-refractivity contribution in [1.82, 2.24) is 25.6 Å². The van der Waals surface area contributed by atoms with Gasteiger partial charge in [0.25, 0.3) is 5.91 Å². The molecule has 1 aromatic heterocycles. The van der Waals surface area contributed by atoms with Crippen LogP contribution >= 0.6 is 0 Å². The lowest BCUT2D eigenvalue weighted by molar-refractivity contribution is -0.132. The highest BCUT2D eigenvalue weighted by Crippen LogP contribution is 2.23. The third-order valence-electron chi connectivity index (χ3n) is 5.25. The summed E-state index contributed by atoms with van der Waals surface area (Å²) in [5.74, 6) is -0.246. The molecule has 8 heteroatoms. The fourth-order valence-electron chi connectivity index (χ4n) is 3.57. The summed E-state index contributed by atoms with van der Waals surface area (Å²) < 4.78 is 7.31. The summed E-state index contributed by atoms with van der Waals surface area (Å²) in [6.45, 7) is 1.85. The molecule has 154 valence electrons. The SMILES string of the molecule is Cn1nnc2cc(-c3ccc(C[C@H](C#N)NC(=O)[C@@H]4CNCCCO4)cc3)ccc21. The third-order valence-corrected chi connectivity index (χ3v) is 5.25. The molecule has 0 saturated carbocycles. The van der Waals surface area contributed by atoms with Crippen molar-refractivity contribution in [3.05, 3.63) is 48.0 Å². The Labute approximate surface area is 174 Å². The molecule has 3 aromatic rings. The van der Waals surface area contributed by atoms with E-state index in [0.717, 1.165) is 40.7 Å². The standard InChI is InChI=1S/C22H24N6O2/c1-28-20-8-7-17(12-19(20)26-27-28)16-5-3-15(4-6-16)11-18(13-23)25-22(29)21-14-24-9-2-10-30-21/h3-8,12,18,21,24H,2,9-11,14H2,1H3,(H,25,29)/t18-,21+/m1/s1. The van der Waals surface area contributed by atoms with Crippen molar-refractivity contribution in [1.29, 1.82) is 5.26 Å². The van der Waals surface area contributed by atoms with Crippen LogP contribution in [0.5, 0.6) is 0 Å². The molecule has 1 aliphatic heterocycles. The Bertz CT molecular complexity index is 1060. The van der Waals surface area contributed by atoms with Crippen LogP contribution in [0.4, 0.5) is 0 Å². The maximum atomic E-state index is 12.4. The van der Waals surface area contributed by atoms with E-state index in [4.69, 9.17) is 4.74 Å². The van der Waals surface area contributed by atoms with E-state index in [-0.39, 0.29) is 5.91 Å². The molecule has 1 fully saturated rings. The van der Waals surface area contributed by atoms with E-state index in [0.29, 0.717) is 19.6 Å². The Morgan fingerprint density at radius 2 is 2.13 bits per heavy atom. The molecule has 0 spiro atoms. The number of aryl methyl sites for hydroxylation is 1. The highest BCUT2D eigenvalue weighted by molar-refractivity contribution is 5.82. The summed E-state index contributed by atoms with van der Waals surface area (Å²) in [6, 6.07) is 15.6. The van der Waals surface area contributed by atoms with Gasteiger partial charge in [-0.15, -0.1) is 5.10 Å². The fourth-order valence-corrected chi connectivity index (χ4v) is 3.57. The van der Waals surface area contributed by atoms with E-state index in [2.05, 4.69) is 27.0 Å². The van der Waals surface area contributed by atoms with Crippen molar-refractivity contribution >= 4 is 16.9 Å². The van der Waals surface area contributed by atoms with Gasteiger partial charge in [0, 0.05) is 26.6 Å². The molecule has 2 heterocycles. The van der Waals surface area contributed by atoms with Crippen LogP contribution in [-0.4, -0.2) is 52.7 Å². The predicted octanol–water partition coefficient (Wildman–Crippen LogP) is 1.56. The number of hydrogen-bond donors (Lipinski definition) is 2. The Morgan fingerprint density at radius 3 is 2.93 bits per heavy atom. The zero-order valence-corrected chi connectivity index (χ0v) is 16.8. The van der Waals surface area contributed by atoms with Crippen LogP contribution in [0.2, 0.25) is 0 Å². The summed E-state index contributed by atoms with van der Waals surface area (Å²) in [7, 11) is 1.87. The number of amides is 1. The lowest BCUT2D eigenvalue weighted by Crippen LogP contribution is -2.46. The first kappa shape index (κ1) is 20.0. The molecule has 0 aliphatic carbocycles. The normalized spacial score (nSPS) is 17.8. The van der Waals surface area contributed by atoms with Crippen LogP contribution in [0.15, 0.2) is 42.5 Å². The van der Waals surface area contributed by atoms with Gasteiger partial charge in [-0.1, -0.05) is 35.5 Å². The fraction of sp³-hybridized carbons (Fsp3) is 0.364. The Balaban J connectivity index is 1.41. The van der Waals surface area contributed by atoms with E-state index >= 15 is 0 Å². The number of nitriles is 1. The van der Waals surface area contributed by atoms with Crippen LogP contribution in [0, 0.1) is 11.3 Å². The predicted molar refractivity (Wildman–Crippen MR) is 112 cm³/mol. The van der Waals surface area contributed by atoms with E-state index in [1.165, 1.54) is 0 Å². The molecule has 8 nitrogen and oxygen atoms in total. The van der Waals surface area contributed by atoms with Crippen LogP contribution in [0.3, 0.4) is 0 Å². The lowest BCUT2D eigenvalue weighted by Gasteiger charge is -2.18. The highest BCUT2D eigenvalue weighted by atomic mass is 16.5. The number of rotatable bonds is 5. The van der Waals surface area contributed by atoms with Crippen molar-refractivity contribution in [3.63, 3.8) is 0 Å². The van der Waals surface area contributed by atoms with Gasteiger partial charge in [-0.05, 0) is 41.8 Å². The van der Waals surface area contributed by atoms with Gasteiger partial charge in [0.2, 0.25) is 0 Å². The number of hydrogen-bond acceptors (Lipinski definition) is 6. The van der Waals surface area contributed by atoms with Crippen LogP contribution in [0.1, 0.15) is 12.0 Å². The largest absolute Gasteiger partial charge is 0.367 e. The quantitative estimate of drug-likeness (QED) is 0.669. The minimum Gasteiger partial charge on any atom is -0.367 e. The summed E-state index contributed by atoms with van der Waals surface area (Å²) in [6.07, 6.45) is 0.759.